The molecule has 3 heterocycles. The number of amides is 1. The third-order valence-electron chi connectivity index (χ3n) is 5.59. The van der Waals surface area contributed by atoms with E-state index in [4.69, 9.17) is 0 Å². The minimum absolute atomic E-state index is 0.140. The van der Waals surface area contributed by atoms with Crippen molar-refractivity contribution in [3.8, 4) is 0 Å². The number of rotatable bonds is 2. The number of aromatic nitrogens is 4. The van der Waals surface area contributed by atoms with E-state index in [0.717, 1.165) is 24.4 Å². The van der Waals surface area contributed by atoms with Crippen molar-refractivity contribution in [3.63, 3.8) is 0 Å². The summed E-state index contributed by atoms with van der Waals surface area (Å²) in [4.78, 5) is 13.1. The third-order valence-corrected chi connectivity index (χ3v) is 5.59. The Kier molecular flexibility index (Phi) is 6.02. The standard InChI is InChI=1S/C11H17N3O.C10H16N2/c1-7(2)11-9-4-5-14(8(3)15)6-10(9)12-13-11;1-7(2)10-8-5-3-4-6-9(8)11-12-10/h7H,4-6H2,1-3H3,(H,12,13);7H,3-6H2,1-2H3,(H,11,12). The molecule has 4 rings (SSSR count). The first-order chi connectivity index (χ1) is 12.9. The fraction of sp³-hybridized carbons (Fsp3) is 0.667. The Hall–Kier alpha value is -2.11. The zero-order valence-corrected chi connectivity index (χ0v) is 17.4. The molecule has 1 amide bonds. The van der Waals surface area contributed by atoms with Gasteiger partial charge >= 0.3 is 0 Å². The molecule has 0 saturated heterocycles. The first kappa shape index (κ1) is 19.6. The first-order valence-corrected chi connectivity index (χ1v) is 10.3. The molecule has 0 unspecified atom stereocenters. The largest absolute Gasteiger partial charge is 0.337 e. The summed E-state index contributed by atoms with van der Waals surface area (Å²) in [6.07, 6.45) is 6.03. The van der Waals surface area contributed by atoms with Crippen LogP contribution in [0.1, 0.15) is 93.2 Å². The van der Waals surface area contributed by atoms with Crippen LogP contribution in [0.2, 0.25) is 0 Å². The summed E-state index contributed by atoms with van der Waals surface area (Å²) >= 11 is 0. The van der Waals surface area contributed by atoms with E-state index in [0.29, 0.717) is 18.4 Å². The topological polar surface area (TPSA) is 77.7 Å². The number of aromatic amines is 2. The first-order valence-electron chi connectivity index (χ1n) is 10.3. The van der Waals surface area contributed by atoms with Crippen LogP contribution < -0.4 is 0 Å². The Balaban J connectivity index is 0.000000159. The Morgan fingerprint density at radius 2 is 1.44 bits per heavy atom. The lowest BCUT2D eigenvalue weighted by molar-refractivity contribution is -0.129. The van der Waals surface area contributed by atoms with E-state index >= 15 is 0 Å². The molecule has 0 atom stereocenters. The molecule has 27 heavy (non-hydrogen) atoms. The number of fused-ring (bicyclic) bond motifs is 2. The Morgan fingerprint density at radius 3 is 2.04 bits per heavy atom. The molecular formula is C21H33N5O. The zero-order valence-electron chi connectivity index (χ0n) is 17.4. The minimum atomic E-state index is 0.140. The number of nitrogens with zero attached hydrogens (tertiary/aromatic N) is 3. The van der Waals surface area contributed by atoms with Gasteiger partial charge in [0.1, 0.15) is 0 Å². The lowest BCUT2D eigenvalue weighted by Gasteiger charge is -2.25. The van der Waals surface area contributed by atoms with E-state index in [1.54, 1.807) is 6.92 Å². The number of carbonyl (C=O) groups is 1. The lowest BCUT2D eigenvalue weighted by atomic mass is 9.93. The van der Waals surface area contributed by atoms with Gasteiger partial charge in [-0.25, -0.2) is 0 Å². The summed E-state index contributed by atoms with van der Waals surface area (Å²) in [5.74, 6) is 1.17. The van der Waals surface area contributed by atoms with E-state index in [-0.39, 0.29) is 5.91 Å². The molecule has 2 aromatic heterocycles. The summed E-state index contributed by atoms with van der Waals surface area (Å²) in [7, 11) is 0. The molecule has 2 N–H and O–H groups in total. The van der Waals surface area contributed by atoms with Gasteiger partial charge < -0.3 is 4.90 Å². The smallest absolute Gasteiger partial charge is 0.219 e. The molecule has 0 aromatic carbocycles. The zero-order chi connectivity index (χ0) is 19.6. The van der Waals surface area contributed by atoms with E-state index in [9.17, 15) is 4.79 Å². The highest BCUT2D eigenvalue weighted by Gasteiger charge is 2.23. The number of carbonyl (C=O) groups excluding carboxylic acids is 1. The molecule has 2 aliphatic rings. The van der Waals surface area contributed by atoms with Crippen LogP contribution in [0.25, 0.3) is 0 Å². The highest BCUT2D eigenvalue weighted by molar-refractivity contribution is 5.73. The monoisotopic (exact) mass is 371 g/mol. The Bertz CT molecular complexity index is 787. The summed E-state index contributed by atoms with van der Waals surface area (Å²) in [5.41, 5.74) is 7.79. The van der Waals surface area contributed by atoms with Crippen LogP contribution in [0.5, 0.6) is 0 Å². The van der Waals surface area contributed by atoms with Gasteiger partial charge in [0.2, 0.25) is 5.91 Å². The fourth-order valence-corrected chi connectivity index (χ4v) is 4.07. The number of H-pyrrole nitrogens is 2. The van der Waals surface area contributed by atoms with Crippen LogP contribution in [-0.4, -0.2) is 37.7 Å². The van der Waals surface area contributed by atoms with Crippen LogP contribution in [0.3, 0.4) is 0 Å². The summed E-state index contributed by atoms with van der Waals surface area (Å²) < 4.78 is 0. The molecule has 1 aliphatic carbocycles. The van der Waals surface area contributed by atoms with Crippen molar-refractivity contribution in [2.24, 2.45) is 0 Å². The molecule has 2 aromatic rings. The van der Waals surface area contributed by atoms with Crippen molar-refractivity contribution >= 4 is 5.91 Å². The minimum Gasteiger partial charge on any atom is -0.337 e. The quantitative estimate of drug-likeness (QED) is 0.842. The maximum atomic E-state index is 11.2. The van der Waals surface area contributed by atoms with Crippen LogP contribution in [0, 0.1) is 0 Å². The second-order valence-corrected chi connectivity index (χ2v) is 8.34. The maximum Gasteiger partial charge on any atom is 0.219 e. The highest BCUT2D eigenvalue weighted by Crippen LogP contribution is 2.26. The van der Waals surface area contributed by atoms with Gasteiger partial charge in [0.15, 0.2) is 0 Å². The van der Waals surface area contributed by atoms with Gasteiger partial charge in [-0.3, -0.25) is 15.0 Å². The molecule has 6 nitrogen and oxygen atoms in total. The average molecular weight is 372 g/mol. The SMILES string of the molecule is CC(=O)N1CCc2c(C(C)C)n[nH]c2C1.CC(C)c1n[nH]c2c1CCCC2. The van der Waals surface area contributed by atoms with Gasteiger partial charge in [-0.1, -0.05) is 27.7 Å². The summed E-state index contributed by atoms with van der Waals surface area (Å²) in [6, 6.07) is 0. The van der Waals surface area contributed by atoms with Crippen LogP contribution >= 0.6 is 0 Å². The second-order valence-electron chi connectivity index (χ2n) is 8.34. The second kappa shape index (κ2) is 8.28. The molecule has 148 valence electrons. The van der Waals surface area contributed by atoms with Crippen molar-refractivity contribution in [1.82, 2.24) is 25.3 Å². The van der Waals surface area contributed by atoms with E-state index < -0.39 is 0 Å². The summed E-state index contributed by atoms with van der Waals surface area (Å²) in [6.45, 7) is 11.8. The predicted molar refractivity (Wildman–Crippen MR) is 107 cm³/mol. The Morgan fingerprint density at radius 1 is 0.889 bits per heavy atom. The average Bonchev–Trinajstić information content (AvgIpc) is 3.25. The molecule has 1 aliphatic heterocycles. The molecule has 0 fully saturated rings. The van der Waals surface area contributed by atoms with Crippen molar-refractivity contribution in [2.45, 2.75) is 85.1 Å². The third kappa shape index (κ3) is 4.25. The van der Waals surface area contributed by atoms with Crippen LogP contribution in [0.15, 0.2) is 0 Å². The van der Waals surface area contributed by atoms with Crippen molar-refractivity contribution in [3.05, 3.63) is 33.9 Å². The predicted octanol–water partition coefficient (Wildman–Crippen LogP) is 3.85. The molecule has 0 saturated carbocycles. The molecule has 0 bridgehead atoms. The van der Waals surface area contributed by atoms with Gasteiger partial charge in [0, 0.05) is 24.7 Å². The summed E-state index contributed by atoms with van der Waals surface area (Å²) in [5, 5.41) is 14.9. The van der Waals surface area contributed by atoms with Crippen molar-refractivity contribution < 1.29 is 4.79 Å². The van der Waals surface area contributed by atoms with Crippen molar-refractivity contribution in [1.29, 1.82) is 0 Å². The molecule has 6 heteroatoms. The van der Waals surface area contributed by atoms with Gasteiger partial charge in [-0.05, 0) is 49.5 Å². The molecular weight excluding hydrogens is 338 g/mol. The number of aryl methyl sites for hydroxylation is 1. The van der Waals surface area contributed by atoms with Crippen LogP contribution in [-0.2, 0) is 30.6 Å². The van der Waals surface area contributed by atoms with Gasteiger partial charge in [0.05, 0.1) is 23.6 Å². The van der Waals surface area contributed by atoms with Gasteiger partial charge in [0.25, 0.3) is 0 Å². The van der Waals surface area contributed by atoms with E-state index in [2.05, 4.69) is 48.1 Å². The molecule has 0 spiro atoms. The Labute approximate surface area is 162 Å². The number of hydrogen-bond acceptors (Lipinski definition) is 3. The van der Waals surface area contributed by atoms with E-state index in [1.807, 2.05) is 4.90 Å². The van der Waals surface area contributed by atoms with Crippen LogP contribution in [0.4, 0.5) is 0 Å². The molecule has 0 radical (unpaired) electrons. The number of nitrogens with one attached hydrogen (secondary N) is 2. The highest BCUT2D eigenvalue weighted by atomic mass is 16.2. The number of hydrogen-bond donors (Lipinski definition) is 2. The lowest BCUT2D eigenvalue weighted by Crippen LogP contribution is -2.34. The van der Waals surface area contributed by atoms with Crippen molar-refractivity contribution in [2.75, 3.05) is 6.54 Å². The van der Waals surface area contributed by atoms with E-state index in [1.165, 1.54) is 48.2 Å². The maximum absolute atomic E-state index is 11.2. The van der Waals surface area contributed by atoms with Gasteiger partial charge in [-0.15, -0.1) is 0 Å². The normalized spacial score (nSPS) is 16.0. The van der Waals surface area contributed by atoms with Gasteiger partial charge in [-0.2, -0.15) is 10.2 Å². The fourth-order valence-electron chi connectivity index (χ4n) is 4.07.